The summed E-state index contributed by atoms with van der Waals surface area (Å²) >= 11 is 17.4. The van der Waals surface area contributed by atoms with Crippen molar-refractivity contribution < 1.29 is 52.0 Å². The zero-order valence-corrected chi connectivity index (χ0v) is 76.9. The zero-order valence-electron chi connectivity index (χ0n) is 70.0. The number of rotatable bonds is 4. The van der Waals surface area contributed by atoms with Gasteiger partial charge in [0.25, 0.3) is 0 Å². The van der Waals surface area contributed by atoms with Crippen molar-refractivity contribution in [2.45, 2.75) is 144 Å². The van der Waals surface area contributed by atoms with Crippen LogP contribution in [0.2, 0.25) is 0 Å². The highest BCUT2D eigenvalue weighted by Crippen LogP contribution is 2.46. The second kappa shape index (κ2) is 34.3. The Morgan fingerprint density at radius 1 is 0.305 bits per heavy atom. The van der Waals surface area contributed by atoms with E-state index in [4.69, 9.17) is 42.5 Å². The second-order valence-corrected chi connectivity index (χ2v) is 37.9. The summed E-state index contributed by atoms with van der Waals surface area (Å²) in [5.41, 5.74) is 13.4. The van der Waals surface area contributed by atoms with E-state index in [1.54, 1.807) is 0 Å². The zero-order chi connectivity index (χ0) is 85.0. The number of alkyl halides is 1. The van der Waals surface area contributed by atoms with Gasteiger partial charge in [-0.3, -0.25) is 4.39 Å². The number of aryl methyl sites for hydroxylation is 4. The molecule has 0 unspecified atom stereocenters. The SMILES string of the molecule is Brc1ccc(Br)cc1.CC1(C)OB(B2OC(C)(C)C(C)(C)O2)OC1(C)C.Cc1cc(-c2ccc(Br)cc2)c2c(c1)oc1cc3ccccc3cc12.Cc1cc(B2OC(C)(C)C(C)(C)O2)c2c(c1)oc1cc3ccccc3cc12.Cc1cc(Br)c2c(c1)oc1cc3ccccc3cc12.Cc1ccc(-c2cc3ccccc3cc2O)c(Br)c1.[2H]CF. The number of hydrogen-bond donors (Lipinski definition) is 1. The minimum absolute atomic E-state index is 0.309. The molecule has 3 fully saturated rings. The first-order valence-corrected chi connectivity index (χ1v) is 43.2. The molecule has 3 aliphatic rings. The van der Waals surface area contributed by atoms with Crippen molar-refractivity contribution in [1.82, 2.24) is 0 Å². The highest BCUT2D eigenvalue weighted by atomic mass is 79.9. The van der Waals surface area contributed by atoms with Crippen LogP contribution in [0.25, 0.3) is 131 Å². The average molecular weight is 1890 g/mol. The minimum Gasteiger partial charge on any atom is -0.507 e. The molecule has 19 heteroatoms. The van der Waals surface area contributed by atoms with Crippen molar-refractivity contribution in [3.8, 4) is 28.0 Å². The Labute approximate surface area is 733 Å². The van der Waals surface area contributed by atoms with Crippen LogP contribution in [0.4, 0.5) is 4.39 Å². The van der Waals surface area contributed by atoms with Crippen LogP contribution in [0.1, 0.15) is 107 Å². The highest BCUT2D eigenvalue weighted by molar-refractivity contribution is 9.11. The smallest absolute Gasteiger partial charge is 0.495 e. The standard InChI is InChI=1S/C23H23BO3.C23H15BrO.C17H11BrO.C17H13BrO.C12H24B2O4.C6H4Br2.CH3F/c1-14-10-18(24-26-22(2,3)23(4,5)27-24)21-17-12-15-8-6-7-9-16(15)13-19(17)25-20(21)11-14;1-14-10-19(15-6-8-18(24)9-7-15)23-20-12-16-4-2-3-5-17(16)13-21(20)25-22(23)11-14;1-10-6-14(18)17-13-8-11-4-2-3-5-12(11)9-15(13)19-16(17)7-10;1-11-6-7-14(16(18)8-11)15-9-12-4-2-3-5-13(12)10-17(15)19;1-9(2)10(3,4)16-13(15-9)14-17-11(5,6)12(7,8)18-14;7-5-1-2-6(8)4-3-5;1-2/h6-13H,1-5H3;2-13H,1H3;2-9H,1H3;2-10,19H,1H3;1-8H3;1-4H;1H3/i;;;;;;1D. The van der Waals surface area contributed by atoms with Crippen molar-refractivity contribution in [3.05, 3.63) is 293 Å². The van der Waals surface area contributed by atoms with Crippen LogP contribution >= 0.6 is 79.6 Å². The van der Waals surface area contributed by atoms with E-state index < -0.39 is 28.3 Å². The van der Waals surface area contributed by atoms with Gasteiger partial charge in [-0.15, -0.1) is 0 Å². The van der Waals surface area contributed by atoms with Crippen molar-refractivity contribution in [1.29, 1.82) is 0 Å². The van der Waals surface area contributed by atoms with Gasteiger partial charge in [-0.25, -0.2) is 0 Å². The van der Waals surface area contributed by atoms with Gasteiger partial charge in [-0.05, 0) is 314 Å². The van der Waals surface area contributed by atoms with E-state index in [1.165, 1.54) is 76.3 Å². The molecular formula is C99H93B3Br5FO10. The van der Waals surface area contributed by atoms with Crippen LogP contribution in [0, 0.1) is 27.7 Å². The molecule has 0 aliphatic carbocycles. The molecule has 14 aromatic carbocycles. The van der Waals surface area contributed by atoms with Gasteiger partial charge < -0.3 is 46.3 Å². The molecular weight excluding hydrogens is 1800 g/mol. The van der Waals surface area contributed by atoms with E-state index in [0.717, 1.165) is 105 Å². The fraction of sp³-hybridized carbons (Fsp3) is 0.232. The second-order valence-electron chi connectivity index (χ2n) is 33.4. The van der Waals surface area contributed by atoms with Gasteiger partial charge in [-0.2, -0.15) is 0 Å². The number of halogens is 6. The number of aromatic hydroxyl groups is 1. The van der Waals surface area contributed by atoms with E-state index in [-0.39, 0.29) is 33.6 Å². The van der Waals surface area contributed by atoms with E-state index in [0.29, 0.717) is 5.75 Å². The van der Waals surface area contributed by atoms with Crippen molar-refractivity contribution in [3.63, 3.8) is 0 Å². The molecule has 10 nitrogen and oxygen atoms in total. The molecule has 0 atom stereocenters. The van der Waals surface area contributed by atoms with E-state index in [2.05, 4.69) is 323 Å². The monoisotopic (exact) mass is 1890 g/mol. The van der Waals surface area contributed by atoms with E-state index in [9.17, 15) is 9.50 Å². The number of phenolic OH excluding ortho intramolecular Hbond substituents is 1. The molecule has 3 aliphatic heterocycles. The van der Waals surface area contributed by atoms with Crippen molar-refractivity contribution >= 4 is 215 Å². The first-order chi connectivity index (χ1) is 56.4. The summed E-state index contributed by atoms with van der Waals surface area (Å²) in [4.78, 5) is 0. The van der Waals surface area contributed by atoms with Gasteiger partial charge in [0.15, 0.2) is 0 Å². The molecule has 0 spiro atoms. The Morgan fingerprint density at radius 2 is 0.627 bits per heavy atom. The predicted octanol–water partition coefficient (Wildman–Crippen LogP) is 30.0. The third-order valence-corrected chi connectivity index (χ3v) is 26.1. The fourth-order valence-corrected chi connectivity index (χ4v) is 17.2. The number of furan rings is 3. The topological polar surface area (TPSA) is 115 Å². The Kier molecular flexibility index (Phi) is 24.6. The Balaban J connectivity index is 0.000000119. The lowest BCUT2D eigenvalue weighted by atomic mass is 9.49. The molecule has 0 saturated carbocycles. The fourth-order valence-electron chi connectivity index (χ4n) is 14.9. The maximum Gasteiger partial charge on any atom is 0.495 e. The van der Waals surface area contributed by atoms with Gasteiger partial charge in [0, 0.05) is 60.2 Å². The molecule has 118 heavy (non-hydrogen) atoms. The van der Waals surface area contributed by atoms with Gasteiger partial charge in [0.1, 0.15) is 39.2 Å². The lowest BCUT2D eigenvalue weighted by Gasteiger charge is -2.32. The number of fused-ring (bicyclic) bond motifs is 13. The molecule has 3 aromatic heterocycles. The van der Waals surface area contributed by atoms with Crippen LogP contribution in [-0.2, 0) is 27.9 Å². The summed E-state index contributed by atoms with van der Waals surface area (Å²) in [6.07, 6.45) is 0. The molecule has 0 bridgehead atoms. The van der Waals surface area contributed by atoms with E-state index >= 15 is 0 Å². The molecule has 20 rings (SSSR count). The molecule has 6 heterocycles. The summed E-state index contributed by atoms with van der Waals surface area (Å²) < 4.78 is 75.9. The summed E-state index contributed by atoms with van der Waals surface area (Å²) in [5, 5.41) is 26.6. The lowest BCUT2D eigenvalue weighted by molar-refractivity contribution is 0.00578. The maximum absolute atomic E-state index is 10.2. The molecule has 3 saturated heterocycles. The van der Waals surface area contributed by atoms with Crippen LogP contribution in [0.3, 0.4) is 0 Å². The summed E-state index contributed by atoms with van der Waals surface area (Å²) in [6, 6.07) is 85.5. The summed E-state index contributed by atoms with van der Waals surface area (Å²) in [6.45, 7) is 32.9. The van der Waals surface area contributed by atoms with Crippen LogP contribution in [0.5, 0.6) is 5.75 Å². The first-order valence-electron chi connectivity index (χ1n) is 39.9. The maximum atomic E-state index is 10.2. The van der Waals surface area contributed by atoms with Gasteiger partial charge >= 0.3 is 21.1 Å². The molecule has 600 valence electrons. The van der Waals surface area contributed by atoms with Gasteiger partial charge in [-0.1, -0.05) is 213 Å². The third kappa shape index (κ3) is 17.9. The molecule has 17 aromatic rings. The quantitative estimate of drug-likeness (QED) is 0.171. The Bertz CT molecular complexity index is 6540. The summed E-state index contributed by atoms with van der Waals surface area (Å²) in [5.74, 6) is 0.309. The lowest BCUT2D eigenvalue weighted by Crippen LogP contribution is -2.41. The third-order valence-electron chi connectivity index (χ3n) is 23.2. The van der Waals surface area contributed by atoms with Crippen molar-refractivity contribution in [2.75, 3.05) is 7.15 Å². The van der Waals surface area contributed by atoms with Crippen LogP contribution in [-0.4, -0.2) is 67.0 Å². The Morgan fingerprint density at radius 3 is 1.04 bits per heavy atom. The Hall–Kier alpha value is -8.40. The number of phenols is 1. The number of hydrogen-bond acceptors (Lipinski definition) is 10. The molecule has 1 N–H and O–H groups in total. The van der Waals surface area contributed by atoms with Gasteiger partial charge in [0.2, 0.25) is 0 Å². The average Bonchev–Trinajstić information content (AvgIpc) is 1.55. The number of benzene rings is 14. The van der Waals surface area contributed by atoms with Crippen LogP contribution in [0.15, 0.2) is 284 Å². The molecule has 0 radical (unpaired) electrons. The normalized spacial score (nSPS) is 16.1. The largest absolute Gasteiger partial charge is 0.507 e. The highest BCUT2D eigenvalue weighted by Gasteiger charge is 2.64. The predicted molar refractivity (Wildman–Crippen MR) is 509 cm³/mol. The van der Waals surface area contributed by atoms with E-state index in [1.807, 2.05) is 116 Å². The summed E-state index contributed by atoms with van der Waals surface area (Å²) in [7, 11) is -2.36. The molecule has 0 amide bonds. The minimum atomic E-state index is -1.00. The first kappa shape index (κ1) is 84.6. The van der Waals surface area contributed by atoms with Crippen molar-refractivity contribution in [2.24, 2.45) is 0 Å². The van der Waals surface area contributed by atoms with Crippen LogP contribution < -0.4 is 5.46 Å². The van der Waals surface area contributed by atoms with Gasteiger partial charge in [0.05, 0.1) is 42.1 Å².